The Kier molecular flexibility index (Phi) is 5.56. The molecule has 0 spiro atoms. The van der Waals surface area contributed by atoms with Crippen molar-refractivity contribution in [3.8, 4) is 0 Å². The molecule has 1 saturated heterocycles. The van der Waals surface area contributed by atoms with E-state index in [0.717, 1.165) is 0 Å². The first-order valence-corrected chi connectivity index (χ1v) is 4.71. The van der Waals surface area contributed by atoms with Crippen molar-refractivity contribution in [2.24, 2.45) is 0 Å². The Morgan fingerprint density at radius 2 is 1.50 bits per heavy atom. The van der Waals surface area contributed by atoms with Crippen LogP contribution in [0.25, 0.3) is 0 Å². The van der Waals surface area contributed by atoms with Gasteiger partial charge in [-0.1, -0.05) is 6.42 Å². The SMILES string of the molecule is C1CCNCC1.b1ccccc1. The van der Waals surface area contributed by atoms with Gasteiger partial charge in [-0.15, -0.1) is 0 Å². The first-order valence-electron chi connectivity index (χ1n) is 4.71. The van der Waals surface area contributed by atoms with Crippen LogP contribution < -0.4 is 5.32 Å². The zero-order chi connectivity index (χ0) is 8.49. The molecule has 0 atom stereocenters. The van der Waals surface area contributed by atoms with Gasteiger partial charge >= 0.3 is 37.0 Å². The van der Waals surface area contributed by atoms with Gasteiger partial charge < -0.3 is 5.32 Å². The molecule has 0 amide bonds. The van der Waals surface area contributed by atoms with E-state index < -0.39 is 0 Å². The van der Waals surface area contributed by atoms with Crippen molar-refractivity contribution in [3.05, 3.63) is 30.1 Å². The molecule has 0 bridgehead atoms. The number of piperidine rings is 1. The van der Waals surface area contributed by atoms with E-state index in [4.69, 9.17) is 0 Å². The summed E-state index contributed by atoms with van der Waals surface area (Å²) in [5.74, 6) is 4.00. The summed E-state index contributed by atoms with van der Waals surface area (Å²) in [5.41, 5.74) is 0. The Hall–Kier alpha value is -0.625. The van der Waals surface area contributed by atoms with Crippen LogP contribution in [0.3, 0.4) is 0 Å². The van der Waals surface area contributed by atoms with Crippen molar-refractivity contribution >= 4 is 6.91 Å². The van der Waals surface area contributed by atoms with Crippen LogP contribution in [-0.4, -0.2) is 20.0 Å². The molecular weight excluding hydrogens is 145 g/mol. The summed E-state index contributed by atoms with van der Waals surface area (Å²) < 4.78 is 0. The molecule has 12 heavy (non-hydrogen) atoms. The summed E-state index contributed by atoms with van der Waals surface area (Å²) in [6, 6.07) is 6.00. The van der Waals surface area contributed by atoms with E-state index >= 15 is 0 Å². The quantitative estimate of drug-likeness (QED) is 0.611. The predicted octanol–water partition coefficient (Wildman–Crippen LogP) is 1.78. The van der Waals surface area contributed by atoms with Crippen LogP contribution in [0.1, 0.15) is 19.3 Å². The Bertz CT molecular complexity index is 134. The van der Waals surface area contributed by atoms with E-state index in [9.17, 15) is 0 Å². The average molecular weight is 161 g/mol. The molecule has 0 aliphatic carbocycles. The summed E-state index contributed by atoms with van der Waals surface area (Å²) in [5, 5.41) is 3.28. The van der Waals surface area contributed by atoms with Crippen LogP contribution in [-0.2, 0) is 0 Å². The van der Waals surface area contributed by atoms with Crippen molar-refractivity contribution < 1.29 is 0 Å². The second-order valence-electron chi connectivity index (χ2n) is 2.97. The van der Waals surface area contributed by atoms with Gasteiger partial charge in [0, 0.05) is 0 Å². The summed E-state index contributed by atoms with van der Waals surface area (Å²) in [6.07, 6.45) is 4.22. The second-order valence-corrected chi connectivity index (χ2v) is 2.97. The van der Waals surface area contributed by atoms with Crippen LogP contribution in [0.15, 0.2) is 30.1 Å². The molecule has 1 aliphatic heterocycles. The number of rotatable bonds is 0. The molecule has 0 aromatic carbocycles. The molecule has 1 nitrogen and oxygen atoms in total. The minimum atomic E-state index is 1.25. The molecule has 2 heterocycles. The van der Waals surface area contributed by atoms with Crippen molar-refractivity contribution in [1.29, 1.82) is 0 Å². The van der Waals surface area contributed by atoms with Crippen molar-refractivity contribution in [2.45, 2.75) is 19.3 Å². The summed E-state index contributed by atoms with van der Waals surface area (Å²) in [6.45, 7) is 4.50. The zero-order valence-corrected chi connectivity index (χ0v) is 7.50. The third kappa shape index (κ3) is 5.08. The fraction of sp³-hybridized carbons (Fsp3) is 0.500. The summed E-state index contributed by atoms with van der Waals surface area (Å²) >= 11 is 0. The first kappa shape index (κ1) is 9.46. The Labute approximate surface area is 75.4 Å². The number of hydrogen-bond donors (Lipinski definition) is 1. The van der Waals surface area contributed by atoms with Gasteiger partial charge in [-0.25, -0.2) is 0 Å². The van der Waals surface area contributed by atoms with Gasteiger partial charge in [0.15, 0.2) is 0 Å². The number of nitrogens with one attached hydrogen (secondary N) is 1. The normalized spacial score (nSPS) is 15.7. The van der Waals surface area contributed by atoms with Gasteiger partial charge in [-0.2, -0.15) is 0 Å². The Balaban J connectivity index is 0.000000120. The Morgan fingerprint density at radius 3 is 1.67 bits per heavy atom. The van der Waals surface area contributed by atoms with Gasteiger partial charge in [-0.3, -0.25) is 0 Å². The monoisotopic (exact) mass is 161 g/mol. The molecular formula is C10H16BN. The van der Waals surface area contributed by atoms with Crippen molar-refractivity contribution in [1.82, 2.24) is 5.32 Å². The van der Waals surface area contributed by atoms with Gasteiger partial charge in [0.2, 0.25) is 0 Å². The maximum absolute atomic E-state index is 3.28. The van der Waals surface area contributed by atoms with Gasteiger partial charge in [-0.05, 0) is 25.9 Å². The molecule has 1 fully saturated rings. The Morgan fingerprint density at radius 1 is 0.833 bits per heavy atom. The van der Waals surface area contributed by atoms with Crippen LogP contribution in [0, 0.1) is 0 Å². The molecule has 2 heteroatoms. The van der Waals surface area contributed by atoms with Crippen LogP contribution in [0.2, 0.25) is 0 Å². The van der Waals surface area contributed by atoms with Gasteiger partial charge in [0.1, 0.15) is 0 Å². The fourth-order valence-electron chi connectivity index (χ4n) is 1.19. The minimum absolute atomic E-state index is 1.25. The van der Waals surface area contributed by atoms with E-state index in [1.54, 1.807) is 0 Å². The van der Waals surface area contributed by atoms with Gasteiger partial charge in [0.25, 0.3) is 0 Å². The van der Waals surface area contributed by atoms with E-state index in [0.29, 0.717) is 0 Å². The first-order chi connectivity index (χ1) is 6.00. The van der Waals surface area contributed by atoms with E-state index in [-0.39, 0.29) is 0 Å². The summed E-state index contributed by atoms with van der Waals surface area (Å²) in [4.78, 5) is 0. The zero-order valence-electron chi connectivity index (χ0n) is 7.50. The predicted molar refractivity (Wildman–Crippen MR) is 54.5 cm³/mol. The molecule has 1 aromatic heterocycles. The van der Waals surface area contributed by atoms with E-state index in [1.807, 2.05) is 37.0 Å². The van der Waals surface area contributed by atoms with Crippen molar-refractivity contribution in [2.75, 3.05) is 13.1 Å². The third-order valence-electron chi connectivity index (χ3n) is 1.87. The van der Waals surface area contributed by atoms with Crippen LogP contribution >= 0.6 is 0 Å². The fourth-order valence-corrected chi connectivity index (χ4v) is 1.19. The van der Waals surface area contributed by atoms with E-state index in [1.165, 1.54) is 32.4 Å². The second kappa shape index (κ2) is 7.05. The molecule has 64 valence electrons. The molecule has 0 unspecified atom stereocenters. The molecule has 1 aromatic rings. The maximum atomic E-state index is 3.28. The molecule has 0 radical (unpaired) electrons. The molecule has 2 rings (SSSR count). The molecule has 1 N–H and O–H groups in total. The topological polar surface area (TPSA) is 12.0 Å². The molecule has 1 aliphatic rings. The van der Waals surface area contributed by atoms with E-state index in [2.05, 4.69) is 5.32 Å². The number of hydrogen-bond acceptors (Lipinski definition) is 1. The average Bonchev–Trinajstić information content (AvgIpc) is 2.24. The summed E-state index contributed by atoms with van der Waals surface area (Å²) in [7, 11) is 0. The van der Waals surface area contributed by atoms with Gasteiger partial charge in [0.05, 0.1) is 0 Å². The van der Waals surface area contributed by atoms with Crippen LogP contribution in [0.4, 0.5) is 0 Å². The third-order valence-corrected chi connectivity index (χ3v) is 1.87. The molecule has 0 saturated carbocycles. The standard InChI is InChI=1S/C5H5B.C5H11N/c2*1-2-4-6-5-3-1/h1-5H;6H,1-5H2. The van der Waals surface area contributed by atoms with Crippen LogP contribution in [0.5, 0.6) is 0 Å². The van der Waals surface area contributed by atoms with Crippen molar-refractivity contribution in [3.63, 3.8) is 0 Å².